The van der Waals surface area contributed by atoms with Gasteiger partial charge in [-0.15, -0.1) is 0 Å². The third kappa shape index (κ3) is 4.36. The minimum atomic E-state index is -3.10. The number of hydrogen-bond donors (Lipinski definition) is 2. The zero-order valence-corrected chi connectivity index (χ0v) is 15.5. The molecule has 1 saturated carbocycles. The molecule has 2 heterocycles. The first-order valence-corrected chi connectivity index (χ1v) is 10.6. The number of nitrogens with one attached hydrogen (secondary N) is 2. The van der Waals surface area contributed by atoms with Gasteiger partial charge in [-0.2, -0.15) is 0 Å². The van der Waals surface area contributed by atoms with E-state index in [1.165, 1.54) is 25.5 Å². The van der Waals surface area contributed by atoms with E-state index in [-0.39, 0.29) is 0 Å². The Bertz CT molecular complexity index is 651. The maximum atomic E-state index is 11.2. The lowest BCUT2D eigenvalue weighted by Crippen LogP contribution is -2.37. The van der Waals surface area contributed by atoms with Gasteiger partial charge in [0, 0.05) is 38.6 Å². The quantitative estimate of drug-likeness (QED) is 0.656. The summed E-state index contributed by atoms with van der Waals surface area (Å²) in [7, 11) is -1.08. The first-order chi connectivity index (χ1) is 11.4. The van der Waals surface area contributed by atoms with Crippen molar-refractivity contribution in [3.63, 3.8) is 0 Å². The molecule has 7 nitrogen and oxygen atoms in total. The maximum absolute atomic E-state index is 11.2. The topological polar surface area (TPSA) is 79.3 Å². The molecule has 2 aliphatic rings. The number of imidazole rings is 1. The average Bonchev–Trinajstić information content (AvgIpc) is 3.04. The Morgan fingerprint density at radius 3 is 2.83 bits per heavy atom. The van der Waals surface area contributed by atoms with Crippen molar-refractivity contribution in [3.8, 4) is 0 Å². The predicted molar refractivity (Wildman–Crippen MR) is 94.0 cm³/mol. The second kappa shape index (κ2) is 7.11. The maximum Gasteiger partial charge on any atom is 0.208 e. The van der Waals surface area contributed by atoms with Gasteiger partial charge in [0.25, 0.3) is 0 Å². The van der Waals surface area contributed by atoms with Crippen LogP contribution in [0.4, 0.5) is 0 Å². The van der Waals surface area contributed by atoms with Crippen LogP contribution in [0.15, 0.2) is 12.4 Å². The van der Waals surface area contributed by atoms with Gasteiger partial charge in [-0.25, -0.2) is 18.1 Å². The Hall–Kier alpha value is -0.960. The molecule has 1 aromatic rings. The summed E-state index contributed by atoms with van der Waals surface area (Å²) in [5, 5.41) is 3.45. The zero-order valence-electron chi connectivity index (χ0n) is 14.7. The van der Waals surface area contributed by atoms with Gasteiger partial charge in [0.1, 0.15) is 5.82 Å². The van der Waals surface area contributed by atoms with Crippen LogP contribution in [0.5, 0.6) is 0 Å². The van der Waals surface area contributed by atoms with Gasteiger partial charge in [0.05, 0.1) is 12.8 Å². The fourth-order valence-electron chi connectivity index (χ4n) is 3.92. The van der Waals surface area contributed by atoms with Gasteiger partial charge < -0.3 is 9.88 Å². The van der Waals surface area contributed by atoms with Crippen LogP contribution < -0.4 is 10.0 Å². The van der Waals surface area contributed by atoms with Crippen LogP contribution in [-0.2, 0) is 23.6 Å². The molecule has 1 aliphatic carbocycles. The Balaban J connectivity index is 1.60. The van der Waals surface area contributed by atoms with Gasteiger partial charge in [0.15, 0.2) is 0 Å². The highest BCUT2D eigenvalue weighted by Gasteiger charge is 2.56. The molecule has 24 heavy (non-hydrogen) atoms. The number of aromatic nitrogens is 2. The molecule has 136 valence electrons. The van der Waals surface area contributed by atoms with E-state index in [0.717, 1.165) is 38.4 Å². The predicted octanol–water partition coefficient (Wildman–Crippen LogP) is 0.304. The van der Waals surface area contributed by atoms with E-state index in [1.54, 1.807) is 0 Å². The fourth-order valence-corrected chi connectivity index (χ4v) is 4.43. The van der Waals surface area contributed by atoms with Gasteiger partial charge in [-0.05, 0) is 44.2 Å². The van der Waals surface area contributed by atoms with Gasteiger partial charge in [-0.3, -0.25) is 4.90 Å². The molecule has 0 radical (unpaired) electrons. The van der Waals surface area contributed by atoms with Crippen LogP contribution in [0, 0.1) is 5.41 Å². The summed E-state index contributed by atoms with van der Waals surface area (Å²) in [5.41, 5.74) is 0.473. The molecular weight excluding hydrogens is 326 g/mol. The van der Waals surface area contributed by atoms with E-state index in [4.69, 9.17) is 0 Å². The highest BCUT2D eigenvalue weighted by atomic mass is 32.2. The van der Waals surface area contributed by atoms with Crippen LogP contribution in [-0.4, -0.2) is 61.3 Å². The molecule has 1 atom stereocenters. The highest BCUT2D eigenvalue weighted by Crippen LogP contribution is 2.55. The smallest absolute Gasteiger partial charge is 0.208 e. The molecule has 8 heteroatoms. The largest absolute Gasteiger partial charge is 0.337 e. The van der Waals surface area contributed by atoms with Crippen molar-refractivity contribution in [2.75, 3.05) is 32.4 Å². The molecule has 0 aromatic carbocycles. The number of rotatable bonds is 8. The third-order valence-electron chi connectivity index (χ3n) is 5.44. The summed E-state index contributed by atoms with van der Waals surface area (Å²) >= 11 is 0. The fraction of sp³-hybridized carbons (Fsp3) is 0.812. The van der Waals surface area contributed by atoms with Crippen LogP contribution in [0.25, 0.3) is 0 Å². The normalized spacial score (nSPS) is 23.0. The van der Waals surface area contributed by atoms with Crippen LogP contribution in [0.3, 0.4) is 0 Å². The van der Waals surface area contributed by atoms with Crippen LogP contribution in [0.1, 0.15) is 31.5 Å². The van der Waals surface area contributed by atoms with Crippen molar-refractivity contribution in [2.24, 2.45) is 12.5 Å². The standard InChI is InChI=1S/C16H29N5O2S/c1-20-11-9-18-15(20)13-21(10-3-6-19-24(2,22)23)14-12-16(14)4-7-17-8-5-16/h9,11,14,17,19H,3-8,10,12-13H2,1-2H3. The summed E-state index contributed by atoms with van der Waals surface area (Å²) in [5.74, 6) is 1.07. The van der Waals surface area contributed by atoms with E-state index in [0.29, 0.717) is 18.0 Å². The molecule has 0 bridgehead atoms. The molecule has 1 unspecified atom stereocenters. The van der Waals surface area contributed by atoms with Gasteiger partial charge in [-0.1, -0.05) is 0 Å². The summed E-state index contributed by atoms with van der Waals surface area (Å²) in [4.78, 5) is 6.98. The highest BCUT2D eigenvalue weighted by molar-refractivity contribution is 7.88. The Labute approximate surface area is 144 Å². The average molecular weight is 356 g/mol. The molecular formula is C16H29N5O2S. The van der Waals surface area contributed by atoms with E-state index < -0.39 is 10.0 Å². The van der Waals surface area contributed by atoms with Crippen molar-refractivity contribution < 1.29 is 8.42 Å². The second-order valence-electron chi connectivity index (χ2n) is 7.28. The van der Waals surface area contributed by atoms with E-state index in [9.17, 15) is 8.42 Å². The van der Waals surface area contributed by atoms with Crippen molar-refractivity contribution in [1.82, 2.24) is 24.5 Å². The summed E-state index contributed by atoms with van der Waals surface area (Å²) in [6.07, 6.45) is 9.61. The molecule has 2 fully saturated rings. The lowest BCUT2D eigenvalue weighted by molar-refractivity contribution is 0.188. The summed E-state index contributed by atoms with van der Waals surface area (Å²) in [6, 6.07) is 0.606. The minimum Gasteiger partial charge on any atom is -0.337 e. The zero-order chi connectivity index (χ0) is 17.2. The number of piperidine rings is 1. The second-order valence-corrected chi connectivity index (χ2v) is 9.11. The van der Waals surface area contributed by atoms with Crippen molar-refractivity contribution in [3.05, 3.63) is 18.2 Å². The molecule has 1 spiro atoms. The Kier molecular flexibility index (Phi) is 5.29. The number of sulfonamides is 1. The Morgan fingerprint density at radius 1 is 1.46 bits per heavy atom. The lowest BCUT2D eigenvalue weighted by atomic mass is 9.93. The van der Waals surface area contributed by atoms with Crippen molar-refractivity contribution in [2.45, 2.75) is 38.3 Å². The first kappa shape index (κ1) is 17.8. The van der Waals surface area contributed by atoms with Crippen molar-refractivity contribution in [1.29, 1.82) is 0 Å². The SMILES string of the molecule is Cn1ccnc1CN(CCCNS(C)(=O)=O)C1CC12CCNCC2. The molecule has 1 aliphatic heterocycles. The van der Waals surface area contributed by atoms with Crippen LogP contribution >= 0.6 is 0 Å². The molecule has 1 aromatic heterocycles. The lowest BCUT2D eigenvalue weighted by Gasteiger charge is -2.29. The Morgan fingerprint density at radius 2 is 2.21 bits per heavy atom. The number of nitrogens with zero attached hydrogens (tertiary/aromatic N) is 3. The number of hydrogen-bond acceptors (Lipinski definition) is 5. The molecule has 3 rings (SSSR count). The molecule has 1 saturated heterocycles. The van der Waals surface area contributed by atoms with Gasteiger partial charge in [0.2, 0.25) is 10.0 Å². The molecule has 0 amide bonds. The van der Waals surface area contributed by atoms with Crippen LogP contribution in [0.2, 0.25) is 0 Å². The third-order valence-corrected chi connectivity index (χ3v) is 6.17. The van der Waals surface area contributed by atoms with E-state index in [2.05, 4.69) is 24.5 Å². The first-order valence-electron chi connectivity index (χ1n) is 8.75. The summed E-state index contributed by atoms with van der Waals surface area (Å²) in [6.45, 7) is 4.46. The minimum absolute atomic E-state index is 0.473. The van der Waals surface area contributed by atoms with Crippen molar-refractivity contribution >= 4 is 10.0 Å². The van der Waals surface area contributed by atoms with E-state index >= 15 is 0 Å². The monoisotopic (exact) mass is 355 g/mol. The van der Waals surface area contributed by atoms with E-state index in [1.807, 2.05) is 19.4 Å². The molecule has 2 N–H and O–H groups in total. The summed E-state index contributed by atoms with van der Waals surface area (Å²) < 4.78 is 27.1. The van der Waals surface area contributed by atoms with Gasteiger partial charge >= 0.3 is 0 Å². The number of aryl methyl sites for hydroxylation is 1.